The van der Waals surface area contributed by atoms with Crippen molar-refractivity contribution in [2.75, 3.05) is 12.4 Å². The predicted molar refractivity (Wildman–Crippen MR) is 143 cm³/mol. The fraction of sp³-hybridized carbons (Fsp3) is 0.296. The molecular formula is C27H27N3O3S2. The quantitative estimate of drug-likeness (QED) is 0.322. The van der Waals surface area contributed by atoms with E-state index in [2.05, 4.69) is 38.3 Å². The van der Waals surface area contributed by atoms with Crippen LogP contribution in [0, 0.1) is 0 Å². The van der Waals surface area contributed by atoms with Gasteiger partial charge in [0.05, 0.1) is 34.3 Å². The molecule has 4 aromatic rings. The Labute approximate surface area is 212 Å². The number of benzene rings is 1. The van der Waals surface area contributed by atoms with Gasteiger partial charge in [-0.3, -0.25) is 4.79 Å². The van der Waals surface area contributed by atoms with Gasteiger partial charge in [-0.25, -0.2) is 9.78 Å². The highest BCUT2D eigenvalue weighted by Crippen LogP contribution is 2.45. The molecule has 0 fully saturated rings. The molecule has 35 heavy (non-hydrogen) atoms. The van der Waals surface area contributed by atoms with Crippen LogP contribution >= 0.6 is 22.7 Å². The van der Waals surface area contributed by atoms with Crippen molar-refractivity contribution < 1.29 is 14.3 Å². The molecule has 0 saturated heterocycles. The first-order valence-corrected chi connectivity index (χ1v) is 13.1. The van der Waals surface area contributed by atoms with E-state index in [-0.39, 0.29) is 17.0 Å². The molecular weight excluding hydrogens is 478 g/mol. The molecule has 6 nitrogen and oxygen atoms in total. The van der Waals surface area contributed by atoms with Gasteiger partial charge in [-0.05, 0) is 63.3 Å². The van der Waals surface area contributed by atoms with Gasteiger partial charge in [0.15, 0.2) is 0 Å². The van der Waals surface area contributed by atoms with Crippen molar-refractivity contribution in [3.05, 3.63) is 69.4 Å². The molecule has 0 bridgehead atoms. The first-order valence-electron chi connectivity index (χ1n) is 11.4. The summed E-state index contributed by atoms with van der Waals surface area (Å²) in [5.41, 5.74) is 2.81. The van der Waals surface area contributed by atoms with E-state index >= 15 is 0 Å². The lowest BCUT2D eigenvalue weighted by molar-refractivity contribution is 0.0600. The highest BCUT2D eigenvalue weighted by Gasteiger charge is 2.42. The number of fused-ring (bicyclic) bond motifs is 2. The average Bonchev–Trinajstić information content (AvgIpc) is 3.45. The number of nitrogens with one attached hydrogen (secondary N) is 2. The van der Waals surface area contributed by atoms with Gasteiger partial charge in [0.1, 0.15) is 5.00 Å². The van der Waals surface area contributed by atoms with Gasteiger partial charge in [-0.1, -0.05) is 24.3 Å². The Bertz CT molecular complexity index is 1450. The lowest BCUT2D eigenvalue weighted by Crippen LogP contribution is -2.55. The summed E-state index contributed by atoms with van der Waals surface area (Å²) >= 11 is 3.01. The second kappa shape index (κ2) is 8.55. The third kappa shape index (κ3) is 4.26. The van der Waals surface area contributed by atoms with E-state index in [1.165, 1.54) is 18.4 Å². The number of ether oxygens (including phenoxy) is 1. The number of carbonyl (C=O) groups is 2. The summed E-state index contributed by atoms with van der Waals surface area (Å²) in [4.78, 5) is 33.4. The molecule has 0 unspecified atom stereocenters. The third-order valence-electron chi connectivity index (χ3n) is 6.20. The molecule has 0 atom stereocenters. The van der Waals surface area contributed by atoms with Crippen LogP contribution in [0.4, 0.5) is 5.00 Å². The average molecular weight is 506 g/mol. The molecule has 1 amide bonds. The topological polar surface area (TPSA) is 80.3 Å². The minimum Gasteiger partial charge on any atom is -0.465 e. The SMILES string of the molecule is COC(=O)c1c(NC(=O)c2cc(-c3cccs3)nc3ccccc23)sc2c1CC(C)(C)NC2(C)C. The van der Waals surface area contributed by atoms with Crippen LogP contribution in [0.2, 0.25) is 0 Å². The van der Waals surface area contributed by atoms with Crippen LogP contribution in [0.25, 0.3) is 21.5 Å². The molecule has 1 aromatic carbocycles. The van der Waals surface area contributed by atoms with Gasteiger partial charge in [-0.15, -0.1) is 22.7 Å². The largest absolute Gasteiger partial charge is 0.465 e. The van der Waals surface area contributed by atoms with Gasteiger partial charge in [-0.2, -0.15) is 0 Å². The minimum atomic E-state index is -0.440. The number of methoxy groups -OCH3 is 1. The Morgan fingerprint density at radius 2 is 1.89 bits per heavy atom. The van der Waals surface area contributed by atoms with Crippen LogP contribution in [0.1, 0.15) is 58.9 Å². The number of aromatic nitrogens is 1. The monoisotopic (exact) mass is 505 g/mol. The molecule has 1 aliphatic heterocycles. The van der Waals surface area contributed by atoms with Crippen molar-refractivity contribution in [3.63, 3.8) is 0 Å². The van der Waals surface area contributed by atoms with E-state index in [4.69, 9.17) is 9.72 Å². The Hall–Kier alpha value is -3.07. The van der Waals surface area contributed by atoms with Crippen molar-refractivity contribution in [1.82, 2.24) is 10.3 Å². The lowest BCUT2D eigenvalue weighted by atomic mass is 9.81. The number of rotatable bonds is 4. The van der Waals surface area contributed by atoms with Crippen LogP contribution in [-0.2, 0) is 16.7 Å². The first kappa shape index (κ1) is 23.7. The van der Waals surface area contributed by atoms with Gasteiger partial charge in [0.25, 0.3) is 5.91 Å². The molecule has 0 aliphatic carbocycles. The molecule has 3 aromatic heterocycles. The van der Waals surface area contributed by atoms with E-state index in [0.29, 0.717) is 22.5 Å². The summed E-state index contributed by atoms with van der Waals surface area (Å²) in [6.45, 7) is 8.42. The molecule has 8 heteroatoms. The summed E-state index contributed by atoms with van der Waals surface area (Å²) in [5, 5.41) is 9.97. The fourth-order valence-corrected chi connectivity index (χ4v) is 6.96. The second-order valence-electron chi connectivity index (χ2n) is 9.92. The smallest absolute Gasteiger partial charge is 0.341 e. The van der Waals surface area contributed by atoms with Crippen LogP contribution in [-0.4, -0.2) is 29.5 Å². The van der Waals surface area contributed by atoms with Gasteiger partial charge in [0.2, 0.25) is 0 Å². The minimum absolute atomic E-state index is 0.210. The number of hydrogen-bond donors (Lipinski definition) is 2. The number of amides is 1. The zero-order valence-corrected chi connectivity index (χ0v) is 21.9. The van der Waals surface area contributed by atoms with E-state index < -0.39 is 5.97 Å². The zero-order valence-electron chi connectivity index (χ0n) is 20.3. The molecule has 180 valence electrons. The maximum atomic E-state index is 13.7. The molecule has 0 radical (unpaired) electrons. The summed E-state index contributed by atoms with van der Waals surface area (Å²) in [6, 6.07) is 13.4. The Kier molecular flexibility index (Phi) is 5.78. The Morgan fingerprint density at radius 3 is 2.60 bits per heavy atom. The van der Waals surface area contributed by atoms with Crippen LogP contribution < -0.4 is 10.6 Å². The van der Waals surface area contributed by atoms with Crippen molar-refractivity contribution in [3.8, 4) is 10.6 Å². The number of thiophene rings is 2. The molecule has 5 rings (SSSR count). The van der Waals surface area contributed by atoms with E-state index in [9.17, 15) is 9.59 Å². The lowest BCUT2D eigenvalue weighted by Gasteiger charge is -2.42. The highest BCUT2D eigenvalue weighted by atomic mass is 32.1. The summed E-state index contributed by atoms with van der Waals surface area (Å²) in [6.07, 6.45) is 0.656. The molecule has 4 heterocycles. The number of hydrogen-bond acceptors (Lipinski definition) is 7. The maximum absolute atomic E-state index is 13.7. The summed E-state index contributed by atoms with van der Waals surface area (Å²) in [5.74, 6) is -0.722. The Morgan fingerprint density at radius 1 is 1.11 bits per heavy atom. The normalized spacial score (nSPS) is 16.0. The second-order valence-corrected chi connectivity index (χ2v) is 11.9. The standard InChI is InChI=1S/C27H27N3O3S2/c1-26(2)14-17-21(25(32)33-5)24(35-22(17)27(3,4)30-26)29-23(31)16-13-19(20-11-8-12-34-20)28-18-10-7-6-9-15(16)18/h6-13,30H,14H2,1-5H3,(H,29,31). The first-order chi connectivity index (χ1) is 16.6. The summed E-state index contributed by atoms with van der Waals surface area (Å²) < 4.78 is 5.15. The molecule has 1 aliphatic rings. The van der Waals surface area contributed by atoms with Gasteiger partial charge < -0.3 is 15.4 Å². The summed E-state index contributed by atoms with van der Waals surface area (Å²) in [7, 11) is 1.37. The third-order valence-corrected chi connectivity index (χ3v) is 8.56. The van der Waals surface area contributed by atoms with Crippen molar-refractivity contribution in [2.45, 2.75) is 45.2 Å². The predicted octanol–water partition coefficient (Wildman–Crippen LogP) is 6.22. The van der Waals surface area contributed by atoms with E-state index in [1.807, 2.05) is 47.8 Å². The maximum Gasteiger partial charge on any atom is 0.341 e. The number of anilines is 1. The van der Waals surface area contributed by atoms with Crippen molar-refractivity contribution >= 4 is 50.5 Å². The molecule has 2 N–H and O–H groups in total. The van der Waals surface area contributed by atoms with Gasteiger partial charge >= 0.3 is 5.97 Å². The van der Waals surface area contributed by atoms with E-state index in [1.54, 1.807) is 11.3 Å². The van der Waals surface area contributed by atoms with Crippen molar-refractivity contribution in [1.29, 1.82) is 0 Å². The fourth-order valence-electron chi connectivity index (χ4n) is 5.02. The van der Waals surface area contributed by atoms with Crippen LogP contribution in [0.15, 0.2) is 47.8 Å². The number of carbonyl (C=O) groups excluding carboxylic acids is 2. The van der Waals surface area contributed by atoms with Crippen LogP contribution in [0.3, 0.4) is 0 Å². The molecule has 0 spiro atoms. The van der Waals surface area contributed by atoms with E-state index in [0.717, 1.165) is 31.9 Å². The van der Waals surface area contributed by atoms with Gasteiger partial charge in [0, 0.05) is 21.3 Å². The van der Waals surface area contributed by atoms with Crippen molar-refractivity contribution in [2.24, 2.45) is 0 Å². The molecule has 0 saturated carbocycles. The zero-order chi connectivity index (χ0) is 25.0. The number of para-hydroxylation sites is 1. The van der Waals surface area contributed by atoms with Crippen LogP contribution in [0.5, 0.6) is 0 Å². The number of nitrogens with zero attached hydrogens (tertiary/aromatic N) is 1. The Balaban J connectivity index is 1.62. The highest BCUT2D eigenvalue weighted by molar-refractivity contribution is 7.17. The number of esters is 1. The number of pyridine rings is 1.